The van der Waals surface area contributed by atoms with Gasteiger partial charge in [-0.25, -0.2) is 4.79 Å². The largest absolute Gasteiger partial charge is 0.383 e. The van der Waals surface area contributed by atoms with E-state index < -0.39 is 0 Å². The number of ether oxygens (including phenoxy) is 1. The van der Waals surface area contributed by atoms with E-state index >= 15 is 0 Å². The molecular formula is C16H21N3O3. The number of amides is 2. The maximum Gasteiger partial charge on any atom is 0.321 e. The lowest BCUT2D eigenvalue weighted by atomic mass is 10.1. The fraction of sp³-hybridized carbons (Fsp3) is 0.375. The first-order valence-corrected chi connectivity index (χ1v) is 7.07. The van der Waals surface area contributed by atoms with Crippen LogP contribution in [0, 0.1) is 13.8 Å². The first-order valence-electron chi connectivity index (χ1n) is 7.07. The first kappa shape index (κ1) is 16.0. The van der Waals surface area contributed by atoms with Gasteiger partial charge in [0.1, 0.15) is 0 Å². The van der Waals surface area contributed by atoms with Gasteiger partial charge in [-0.05, 0) is 37.1 Å². The van der Waals surface area contributed by atoms with E-state index in [-0.39, 0.29) is 11.6 Å². The van der Waals surface area contributed by atoms with Crippen LogP contribution in [0.3, 0.4) is 0 Å². The Morgan fingerprint density at radius 2 is 2.00 bits per heavy atom. The van der Waals surface area contributed by atoms with Crippen molar-refractivity contribution in [3.05, 3.63) is 39.7 Å². The zero-order valence-electron chi connectivity index (χ0n) is 13.3. The van der Waals surface area contributed by atoms with Gasteiger partial charge in [0.15, 0.2) is 0 Å². The molecule has 0 saturated heterocycles. The van der Waals surface area contributed by atoms with Crippen LogP contribution < -0.4 is 10.9 Å². The molecule has 0 aliphatic carbocycles. The molecule has 6 heteroatoms. The Balaban J connectivity index is 2.30. The van der Waals surface area contributed by atoms with Gasteiger partial charge in [-0.2, -0.15) is 0 Å². The minimum absolute atomic E-state index is 0.125. The maximum atomic E-state index is 12.1. The summed E-state index contributed by atoms with van der Waals surface area (Å²) in [7, 11) is 3.32. The lowest BCUT2D eigenvalue weighted by Crippen LogP contribution is -2.34. The summed E-state index contributed by atoms with van der Waals surface area (Å²) in [5.41, 5.74) is 3.15. The highest BCUT2D eigenvalue weighted by molar-refractivity contribution is 5.94. The van der Waals surface area contributed by atoms with Gasteiger partial charge >= 0.3 is 6.03 Å². The maximum absolute atomic E-state index is 12.1. The van der Waals surface area contributed by atoms with Gasteiger partial charge in [0.05, 0.1) is 6.61 Å². The normalized spacial score (nSPS) is 10.7. The third-order valence-electron chi connectivity index (χ3n) is 3.61. The van der Waals surface area contributed by atoms with Crippen molar-refractivity contribution in [1.29, 1.82) is 0 Å². The van der Waals surface area contributed by atoms with Gasteiger partial charge in [0.25, 0.3) is 0 Å². The molecule has 1 aromatic heterocycles. The SMILES string of the molecule is COCCN(C)C(=O)Nc1cc2c(C)cc(=O)[nH]c2cc1C. The zero-order chi connectivity index (χ0) is 16.3. The highest BCUT2D eigenvalue weighted by atomic mass is 16.5. The number of hydrogen-bond donors (Lipinski definition) is 2. The summed E-state index contributed by atoms with van der Waals surface area (Å²) in [4.78, 5) is 28.0. The van der Waals surface area contributed by atoms with Crippen molar-refractivity contribution in [2.24, 2.45) is 0 Å². The summed E-state index contributed by atoms with van der Waals surface area (Å²) in [5, 5.41) is 3.81. The minimum Gasteiger partial charge on any atom is -0.383 e. The molecule has 0 unspecified atom stereocenters. The number of aromatic nitrogens is 1. The topological polar surface area (TPSA) is 74.4 Å². The fourth-order valence-electron chi connectivity index (χ4n) is 2.26. The van der Waals surface area contributed by atoms with E-state index in [0.29, 0.717) is 13.2 Å². The Bertz CT molecular complexity index is 752. The van der Waals surface area contributed by atoms with E-state index in [1.54, 1.807) is 25.1 Å². The number of hydrogen-bond acceptors (Lipinski definition) is 3. The van der Waals surface area contributed by atoms with E-state index in [2.05, 4.69) is 10.3 Å². The highest BCUT2D eigenvalue weighted by Crippen LogP contribution is 2.24. The molecule has 1 aromatic carbocycles. The standard InChI is InChI=1S/C16H21N3O3/c1-10-8-15(20)17-14-7-11(2)13(9-12(10)14)18-16(21)19(3)5-6-22-4/h7-9H,5-6H2,1-4H3,(H,17,20)(H,18,21). The average molecular weight is 303 g/mol. The van der Waals surface area contributed by atoms with Gasteiger partial charge < -0.3 is 19.9 Å². The molecule has 0 aliphatic rings. The summed E-state index contributed by atoms with van der Waals surface area (Å²) < 4.78 is 4.97. The quantitative estimate of drug-likeness (QED) is 0.909. The monoisotopic (exact) mass is 303 g/mol. The number of urea groups is 1. The van der Waals surface area contributed by atoms with E-state index in [1.165, 1.54) is 0 Å². The van der Waals surface area contributed by atoms with Crippen LogP contribution in [-0.2, 0) is 4.74 Å². The lowest BCUT2D eigenvalue weighted by molar-refractivity contribution is 0.165. The second-order valence-corrected chi connectivity index (χ2v) is 5.37. The molecule has 2 amide bonds. The molecule has 118 valence electrons. The molecule has 1 heterocycles. The number of H-pyrrole nitrogens is 1. The molecule has 0 fully saturated rings. The van der Waals surface area contributed by atoms with Crippen molar-refractivity contribution in [2.75, 3.05) is 32.6 Å². The number of carbonyl (C=O) groups excluding carboxylic acids is 1. The third-order valence-corrected chi connectivity index (χ3v) is 3.61. The van der Waals surface area contributed by atoms with Crippen LogP contribution in [0.5, 0.6) is 0 Å². The predicted molar refractivity (Wildman–Crippen MR) is 87.6 cm³/mol. The van der Waals surface area contributed by atoms with Crippen LogP contribution in [0.2, 0.25) is 0 Å². The van der Waals surface area contributed by atoms with Crippen LogP contribution in [0.15, 0.2) is 23.0 Å². The van der Waals surface area contributed by atoms with Crippen molar-refractivity contribution < 1.29 is 9.53 Å². The second-order valence-electron chi connectivity index (χ2n) is 5.37. The van der Waals surface area contributed by atoms with Crippen LogP contribution in [0.4, 0.5) is 10.5 Å². The molecule has 22 heavy (non-hydrogen) atoms. The molecule has 2 N–H and O–H groups in total. The number of rotatable bonds is 4. The smallest absolute Gasteiger partial charge is 0.321 e. The Hall–Kier alpha value is -2.34. The van der Waals surface area contributed by atoms with Crippen molar-refractivity contribution in [1.82, 2.24) is 9.88 Å². The van der Waals surface area contributed by atoms with E-state index in [9.17, 15) is 9.59 Å². The average Bonchev–Trinajstić information content (AvgIpc) is 2.45. The number of likely N-dealkylation sites (N-methyl/N-ethyl adjacent to an activating group) is 1. The lowest BCUT2D eigenvalue weighted by Gasteiger charge is -2.19. The number of carbonyl (C=O) groups is 1. The summed E-state index contributed by atoms with van der Waals surface area (Å²) in [6.45, 7) is 4.77. The molecule has 0 aliphatic heterocycles. The van der Waals surface area contributed by atoms with Crippen molar-refractivity contribution in [2.45, 2.75) is 13.8 Å². The number of fused-ring (bicyclic) bond motifs is 1. The van der Waals surface area contributed by atoms with Crippen molar-refractivity contribution in [3.8, 4) is 0 Å². The van der Waals surface area contributed by atoms with Gasteiger partial charge in [-0.1, -0.05) is 0 Å². The second kappa shape index (κ2) is 6.62. The first-order chi connectivity index (χ1) is 10.4. The number of benzene rings is 1. The van der Waals surface area contributed by atoms with Crippen LogP contribution in [0.25, 0.3) is 10.9 Å². The Labute approximate surface area is 129 Å². The summed E-state index contributed by atoms with van der Waals surface area (Å²) in [6, 6.07) is 5.11. The van der Waals surface area contributed by atoms with E-state index in [1.807, 2.05) is 26.0 Å². The molecular weight excluding hydrogens is 282 g/mol. The summed E-state index contributed by atoms with van der Waals surface area (Å²) >= 11 is 0. The molecule has 0 spiro atoms. The van der Waals surface area contributed by atoms with Crippen LogP contribution >= 0.6 is 0 Å². The summed E-state index contributed by atoms with van der Waals surface area (Å²) in [5.74, 6) is 0. The molecule has 0 radical (unpaired) electrons. The number of anilines is 1. The molecule has 0 bridgehead atoms. The number of pyridine rings is 1. The van der Waals surface area contributed by atoms with Crippen LogP contribution in [0.1, 0.15) is 11.1 Å². The number of nitrogens with zero attached hydrogens (tertiary/aromatic N) is 1. The van der Waals surface area contributed by atoms with Gasteiger partial charge in [0, 0.05) is 43.4 Å². The highest BCUT2D eigenvalue weighted by Gasteiger charge is 2.11. The fourth-order valence-corrected chi connectivity index (χ4v) is 2.26. The molecule has 2 aromatic rings. The molecule has 0 saturated carbocycles. The number of methoxy groups -OCH3 is 1. The molecule has 6 nitrogen and oxygen atoms in total. The molecule has 0 atom stereocenters. The van der Waals surface area contributed by atoms with E-state index in [0.717, 1.165) is 27.7 Å². The Morgan fingerprint density at radius 1 is 1.27 bits per heavy atom. The Kier molecular flexibility index (Phi) is 4.82. The van der Waals surface area contributed by atoms with Crippen molar-refractivity contribution in [3.63, 3.8) is 0 Å². The van der Waals surface area contributed by atoms with Gasteiger partial charge in [-0.15, -0.1) is 0 Å². The number of aryl methyl sites for hydroxylation is 2. The Morgan fingerprint density at radius 3 is 2.68 bits per heavy atom. The third kappa shape index (κ3) is 3.46. The number of nitrogens with one attached hydrogen (secondary N) is 2. The van der Waals surface area contributed by atoms with E-state index in [4.69, 9.17) is 4.74 Å². The van der Waals surface area contributed by atoms with Crippen molar-refractivity contribution >= 4 is 22.6 Å². The van der Waals surface area contributed by atoms with Gasteiger partial charge in [-0.3, -0.25) is 4.79 Å². The molecule has 2 rings (SSSR count). The van der Waals surface area contributed by atoms with Gasteiger partial charge in [0.2, 0.25) is 5.56 Å². The number of aromatic amines is 1. The zero-order valence-corrected chi connectivity index (χ0v) is 13.3. The summed E-state index contributed by atoms with van der Waals surface area (Å²) in [6.07, 6.45) is 0. The minimum atomic E-state index is -0.193. The predicted octanol–water partition coefficient (Wildman–Crippen LogP) is 2.26. The van der Waals surface area contributed by atoms with Crippen LogP contribution in [-0.4, -0.2) is 43.2 Å².